The van der Waals surface area contributed by atoms with Gasteiger partial charge in [0.25, 0.3) is 0 Å². The van der Waals surface area contributed by atoms with Gasteiger partial charge < -0.3 is 15.8 Å². The van der Waals surface area contributed by atoms with Crippen molar-refractivity contribution >= 4 is 35.6 Å². The quantitative estimate of drug-likeness (QED) is 0.877. The van der Waals surface area contributed by atoms with Crippen LogP contribution in [0.1, 0.15) is 18.4 Å². The molecular weight excluding hydrogens is 325 g/mol. The summed E-state index contributed by atoms with van der Waals surface area (Å²) in [6.07, 6.45) is 1.88. The second-order valence-corrected chi connectivity index (χ2v) is 5.87. The predicted molar refractivity (Wildman–Crippen MR) is 92.3 cm³/mol. The second kappa shape index (κ2) is 8.58. The highest BCUT2D eigenvalue weighted by Gasteiger charge is 2.19. The molecule has 3 N–H and O–H groups in total. The Bertz CT molecular complexity index is 518. The minimum Gasteiger partial charge on any atom is -0.495 e. The van der Waals surface area contributed by atoms with Crippen LogP contribution in [0.15, 0.2) is 12.1 Å². The molecule has 0 unspecified atom stereocenters. The van der Waals surface area contributed by atoms with E-state index in [1.165, 1.54) is 0 Å². The van der Waals surface area contributed by atoms with E-state index in [1.54, 1.807) is 13.2 Å². The van der Waals surface area contributed by atoms with Gasteiger partial charge in [0.15, 0.2) is 0 Å². The zero-order valence-electron chi connectivity index (χ0n) is 12.9. The molecule has 0 spiro atoms. The first-order valence-electron chi connectivity index (χ1n) is 7.11. The Labute approximate surface area is 142 Å². The highest BCUT2D eigenvalue weighted by atomic mass is 35.5. The number of anilines is 1. The van der Waals surface area contributed by atoms with Gasteiger partial charge in [-0.2, -0.15) is 0 Å². The van der Waals surface area contributed by atoms with E-state index >= 15 is 0 Å². The molecule has 1 aliphatic heterocycles. The minimum absolute atomic E-state index is 0. The number of piperidine rings is 1. The molecule has 1 heterocycles. The first-order valence-corrected chi connectivity index (χ1v) is 7.49. The Morgan fingerprint density at radius 3 is 2.68 bits per heavy atom. The lowest BCUT2D eigenvalue weighted by Gasteiger charge is -2.29. The number of benzene rings is 1. The molecule has 1 saturated heterocycles. The van der Waals surface area contributed by atoms with Crippen molar-refractivity contribution in [3.63, 3.8) is 0 Å². The normalized spacial score (nSPS) is 16.0. The van der Waals surface area contributed by atoms with E-state index in [2.05, 4.69) is 10.2 Å². The van der Waals surface area contributed by atoms with Crippen molar-refractivity contribution in [2.75, 3.05) is 32.1 Å². The summed E-state index contributed by atoms with van der Waals surface area (Å²) < 4.78 is 5.26. The van der Waals surface area contributed by atoms with Crippen LogP contribution in [0.3, 0.4) is 0 Å². The van der Waals surface area contributed by atoms with Crippen LogP contribution in [0.5, 0.6) is 5.75 Å². The van der Waals surface area contributed by atoms with Crippen LogP contribution in [0.25, 0.3) is 0 Å². The summed E-state index contributed by atoms with van der Waals surface area (Å²) in [5.74, 6) is 0.519. The molecular formula is C15H23Cl2N3O2. The number of rotatable bonds is 4. The fourth-order valence-corrected chi connectivity index (χ4v) is 2.59. The number of ether oxygens (including phenoxy) is 1. The summed E-state index contributed by atoms with van der Waals surface area (Å²) in [4.78, 5) is 14.3. The average Bonchev–Trinajstić information content (AvgIpc) is 2.45. The van der Waals surface area contributed by atoms with Gasteiger partial charge in [-0.1, -0.05) is 11.6 Å². The van der Waals surface area contributed by atoms with E-state index in [1.807, 2.05) is 13.0 Å². The summed E-state index contributed by atoms with van der Waals surface area (Å²) >= 11 is 6.06. The first kappa shape index (κ1) is 19.0. The smallest absolute Gasteiger partial charge is 0.238 e. The molecule has 1 fully saturated rings. The third-order valence-electron chi connectivity index (χ3n) is 3.75. The topological polar surface area (TPSA) is 67.6 Å². The van der Waals surface area contributed by atoms with E-state index in [0.717, 1.165) is 31.5 Å². The largest absolute Gasteiger partial charge is 0.495 e. The van der Waals surface area contributed by atoms with Crippen LogP contribution in [0, 0.1) is 6.92 Å². The van der Waals surface area contributed by atoms with Crippen molar-refractivity contribution < 1.29 is 9.53 Å². The monoisotopic (exact) mass is 347 g/mol. The Kier molecular flexibility index (Phi) is 7.42. The van der Waals surface area contributed by atoms with E-state index < -0.39 is 0 Å². The number of nitrogens with zero attached hydrogens (tertiary/aromatic N) is 1. The van der Waals surface area contributed by atoms with Crippen molar-refractivity contribution in [3.8, 4) is 5.75 Å². The van der Waals surface area contributed by atoms with Gasteiger partial charge in [-0.05, 0) is 31.4 Å². The Morgan fingerprint density at radius 2 is 2.09 bits per heavy atom. The third-order valence-corrected chi connectivity index (χ3v) is 4.16. The van der Waals surface area contributed by atoms with E-state index in [0.29, 0.717) is 23.0 Å². The van der Waals surface area contributed by atoms with Crippen LogP contribution < -0.4 is 15.8 Å². The van der Waals surface area contributed by atoms with Crippen LogP contribution in [-0.2, 0) is 4.79 Å². The van der Waals surface area contributed by atoms with Gasteiger partial charge in [-0.25, -0.2) is 0 Å². The van der Waals surface area contributed by atoms with Crippen LogP contribution >= 0.6 is 24.0 Å². The van der Waals surface area contributed by atoms with Crippen molar-refractivity contribution in [1.82, 2.24) is 4.90 Å². The summed E-state index contributed by atoms with van der Waals surface area (Å²) in [6, 6.07) is 3.81. The van der Waals surface area contributed by atoms with E-state index in [-0.39, 0.29) is 24.4 Å². The number of amides is 1. The number of carbonyl (C=O) groups excluding carboxylic acids is 1. The van der Waals surface area contributed by atoms with Crippen molar-refractivity contribution in [2.45, 2.75) is 25.8 Å². The Balaban J connectivity index is 0.00000242. The first-order chi connectivity index (χ1) is 9.99. The zero-order valence-corrected chi connectivity index (χ0v) is 14.5. The maximum atomic E-state index is 12.2. The molecule has 0 aromatic heterocycles. The van der Waals surface area contributed by atoms with E-state index in [4.69, 9.17) is 22.1 Å². The molecule has 7 heteroatoms. The summed E-state index contributed by atoms with van der Waals surface area (Å²) in [6.45, 7) is 4.00. The maximum Gasteiger partial charge on any atom is 0.238 e. The summed E-state index contributed by atoms with van der Waals surface area (Å²) in [5.41, 5.74) is 7.41. The standard InChI is InChI=1S/C15H22ClN3O2.ClH/c1-10-7-13(14(21-2)8-12(10)16)18-15(20)9-19-5-3-11(17)4-6-19;/h7-8,11H,3-6,9,17H2,1-2H3,(H,18,20);1H. The fourth-order valence-electron chi connectivity index (χ4n) is 2.43. The van der Waals surface area contributed by atoms with Gasteiger partial charge in [0.05, 0.1) is 19.3 Å². The number of methoxy groups -OCH3 is 1. The number of carbonyl (C=O) groups is 1. The van der Waals surface area contributed by atoms with Crippen molar-refractivity contribution in [3.05, 3.63) is 22.7 Å². The summed E-state index contributed by atoms with van der Waals surface area (Å²) in [5, 5.41) is 3.51. The molecule has 0 atom stereocenters. The number of hydrogen-bond donors (Lipinski definition) is 2. The molecule has 0 saturated carbocycles. The molecule has 0 radical (unpaired) electrons. The van der Waals surface area contributed by atoms with Gasteiger partial charge >= 0.3 is 0 Å². The number of likely N-dealkylation sites (tertiary alicyclic amines) is 1. The number of hydrogen-bond acceptors (Lipinski definition) is 4. The molecule has 0 bridgehead atoms. The van der Waals surface area contributed by atoms with Gasteiger partial charge in [-0.15, -0.1) is 12.4 Å². The van der Waals surface area contributed by atoms with Crippen molar-refractivity contribution in [1.29, 1.82) is 0 Å². The number of halogens is 2. The Morgan fingerprint density at radius 1 is 1.45 bits per heavy atom. The highest BCUT2D eigenvalue weighted by Crippen LogP contribution is 2.30. The van der Waals surface area contributed by atoms with Crippen molar-refractivity contribution in [2.24, 2.45) is 5.73 Å². The zero-order chi connectivity index (χ0) is 15.4. The number of nitrogens with one attached hydrogen (secondary N) is 1. The molecule has 124 valence electrons. The fraction of sp³-hybridized carbons (Fsp3) is 0.533. The molecule has 22 heavy (non-hydrogen) atoms. The van der Waals surface area contributed by atoms with Crippen LogP contribution in [0.2, 0.25) is 5.02 Å². The van der Waals surface area contributed by atoms with Gasteiger partial charge in [-0.3, -0.25) is 9.69 Å². The second-order valence-electron chi connectivity index (χ2n) is 5.46. The molecule has 2 rings (SSSR count). The van der Waals surface area contributed by atoms with Crippen LogP contribution in [-0.4, -0.2) is 43.6 Å². The lowest BCUT2D eigenvalue weighted by Crippen LogP contribution is -2.43. The molecule has 0 aliphatic carbocycles. The van der Waals surface area contributed by atoms with Gasteiger partial charge in [0.2, 0.25) is 5.91 Å². The summed E-state index contributed by atoms with van der Waals surface area (Å²) in [7, 11) is 1.56. The molecule has 1 amide bonds. The highest BCUT2D eigenvalue weighted by molar-refractivity contribution is 6.31. The average molecular weight is 348 g/mol. The lowest BCUT2D eigenvalue weighted by molar-refractivity contribution is -0.117. The predicted octanol–water partition coefficient (Wildman–Crippen LogP) is 2.44. The molecule has 1 aliphatic rings. The number of aryl methyl sites for hydroxylation is 1. The Hall–Kier alpha value is -1.01. The molecule has 5 nitrogen and oxygen atoms in total. The molecule has 1 aromatic carbocycles. The van der Waals surface area contributed by atoms with Gasteiger partial charge in [0, 0.05) is 30.2 Å². The minimum atomic E-state index is -0.0505. The third kappa shape index (κ3) is 5.02. The van der Waals surface area contributed by atoms with E-state index in [9.17, 15) is 4.79 Å². The number of nitrogens with two attached hydrogens (primary N) is 1. The lowest BCUT2D eigenvalue weighted by atomic mass is 10.1. The SMILES string of the molecule is COc1cc(Cl)c(C)cc1NC(=O)CN1CCC(N)CC1.Cl. The molecule has 1 aromatic rings. The maximum absolute atomic E-state index is 12.2. The van der Waals surface area contributed by atoms with Gasteiger partial charge in [0.1, 0.15) is 5.75 Å². The van der Waals surface area contributed by atoms with Crippen LogP contribution in [0.4, 0.5) is 5.69 Å².